The molecule has 2 heterocycles. The van der Waals surface area contributed by atoms with Crippen LogP contribution >= 0.6 is 0 Å². The smallest absolute Gasteiger partial charge is 0.248 e. The number of hydrogen-bond donors (Lipinski definition) is 1. The van der Waals surface area contributed by atoms with Gasteiger partial charge < -0.3 is 9.88 Å². The molecule has 1 saturated heterocycles. The molecule has 1 aromatic heterocycles. The Morgan fingerprint density at radius 2 is 1.71 bits per heavy atom. The van der Waals surface area contributed by atoms with Crippen molar-refractivity contribution in [3.63, 3.8) is 0 Å². The van der Waals surface area contributed by atoms with Crippen molar-refractivity contribution in [2.24, 2.45) is 0 Å². The number of nitrogens with zero attached hydrogens (tertiary/aromatic N) is 2. The third-order valence-corrected chi connectivity index (χ3v) is 6.37. The normalized spacial score (nSPS) is 16.3. The molecule has 1 aliphatic rings. The van der Waals surface area contributed by atoms with Crippen molar-refractivity contribution in [1.82, 2.24) is 9.29 Å². The lowest BCUT2D eigenvalue weighted by molar-refractivity contribution is 0.384. The minimum Gasteiger partial charge on any atom is -0.368 e. The first kappa shape index (κ1) is 16.7. The van der Waals surface area contributed by atoms with E-state index in [4.69, 9.17) is 0 Å². The number of sulfonamides is 1. The van der Waals surface area contributed by atoms with Gasteiger partial charge in [-0.05, 0) is 37.1 Å². The molecule has 6 nitrogen and oxygen atoms in total. The zero-order valence-corrected chi connectivity index (χ0v) is 14.6. The van der Waals surface area contributed by atoms with Gasteiger partial charge in [-0.25, -0.2) is 8.42 Å². The molecule has 0 unspecified atom stereocenters. The van der Waals surface area contributed by atoms with E-state index in [9.17, 15) is 13.2 Å². The number of hydrogen-bond acceptors (Lipinski definition) is 4. The van der Waals surface area contributed by atoms with Crippen LogP contribution in [0.5, 0.6) is 0 Å². The minimum absolute atomic E-state index is 0.144. The minimum atomic E-state index is -3.48. The topological polar surface area (TPSA) is 73.5 Å². The molecule has 1 aliphatic heterocycles. The van der Waals surface area contributed by atoms with Crippen molar-refractivity contribution >= 4 is 15.7 Å². The molecule has 0 aliphatic carbocycles. The second-order valence-corrected chi connectivity index (χ2v) is 7.98. The molecule has 7 heteroatoms. The van der Waals surface area contributed by atoms with Gasteiger partial charge in [0.05, 0.1) is 10.6 Å². The van der Waals surface area contributed by atoms with Gasteiger partial charge in [0.2, 0.25) is 15.6 Å². The highest BCUT2D eigenvalue weighted by Crippen LogP contribution is 2.23. The molecule has 2 aromatic rings. The molecule has 0 spiro atoms. The first-order chi connectivity index (χ1) is 11.4. The maximum atomic E-state index is 12.9. The highest BCUT2D eigenvalue weighted by atomic mass is 32.2. The summed E-state index contributed by atoms with van der Waals surface area (Å²) in [6.45, 7) is 5.76. The van der Waals surface area contributed by atoms with E-state index in [2.05, 4.69) is 9.88 Å². The van der Waals surface area contributed by atoms with E-state index >= 15 is 0 Å². The monoisotopic (exact) mass is 347 g/mol. The average Bonchev–Trinajstić information content (AvgIpc) is 2.58. The molecule has 128 valence electrons. The van der Waals surface area contributed by atoms with Gasteiger partial charge in [0.25, 0.3) is 0 Å². The van der Waals surface area contributed by atoms with E-state index in [1.165, 1.54) is 10.4 Å². The number of nitrogens with one attached hydrogen (secondary N) is 1. The molecule has 0 bridgehead atoms. The number of H-pyrrole nitrogens is 1. The molecular weight excluding hydrogens is 326 g/mol. The Bertz CT molecular complexity index is 877. The number of aromatic amines is 1. The van der Waals surface area contributed by atoms with Crippen molar-refractivity contribution in [2.45, 2.75) is 18.7 Å². The first-order valence-electron chi connectivity index (χ1n) is 7.89. The maximum Gasteiger partial charge on any atom is 0.248 e. The summed E-state index contributed by atoms with van der Waals surface area (Å²) >= 11 is 0. The van der Waals surface area contributed by atoms with E-state index in [0.29, 0.717) is 31.1 Å². The van der Waals surface area contributed by atoms with Crippen LogP contribution in [0.1, 0.15) is 11.1 Å². The number of rotatable bonds is 3. The molecule has 0 amide bonds. The van der Waals surface area contributed by atoms with Crippen LogP contribution in [0.25, 0.3) is 0 Å². The quantitative estimate of drug-likeness (QED) is 0.913. The summed E-state index contributed by atoms with van der Waals surface area (Å²) in [4.78, 5) is 16.3. The van der Waals surface area contributed by atoms with Crippen LogP contribution in [0, 0.1) is 13.8 Å². The number of piperazine rings is 1. The number of pyridine rings is 1. The predicted octanol–water partition coefficient (Wildman–Crippen LogP) is 1.50. The van der Waals surface area contributed by atoms with Crippen molar-refractivity contribution in [3.8, 4) is 0 Å². The van der Waals surface area contributed by atoms with Crippen molar-refractivity contribution in [2.75, 3.05) is 31.1 Å². The second kappa shape index (κ2) is 6.41. The van der Waals surface area contributed by atoms with Gasteiger partial charge in [-0.1, -0.05) is 12.1 Å². The van der Waals surface area contributed by atoms with Gasteiger partial charge >= 0.3 is 0 Å². The lowest BCUT2D eigenvalue weighted by Crippen LogP contribution is -2.48. The molecule has 0 radical (unpaired) electrons. The van der Waals surface area contributed by atoms with Crippen LogP contribution in [-0.4, -0.2) is 43.9 Å². The van der Waals surface area contributed by atoms with E-state index in [1.54, 1.807) is 18.3 Å². The van der Waals surface area contributed by atoms with Crippen LogP contribution in [-0.2, 0) is 10.0 Å². The van der Waals surface area contributed by atoms with Gasteiger partial charge in [-0.2, -0.15) is 4.31 Å². The summed E-state index contributed by atoms with van der Waals surface area (Å²) in [5.74, 6) is 0. The van der Waals surface area contributed by atoms with E-state index in [-0.39, 0.29) is 5.56 Å². The fraction of sp³-hybridized carbons (Fsp3) is 0.353. The fourth-order valence-corrected chi connectivity index (χ4v) is 4.64. The fourth-order valence-electron chi connectivity index (χ4n) is 2.91. The molecule has 3 rings (SSSR count). The van der Waals surface area contributed by atoms with Gasteiger partial charge in [0, 0.05) is 38.4 Å². The maximum absolute atomic E-state index is 12.9. The zero-order valence-electron chi connectivity index (χ0n) is 13.8. The molecule has 24 heavy (non-hydrogen) atoms. The summed E-state index contributed by atoms with van der Waals surface area (Å²) in [5, 5.41) is 0. The molecular formula is C17H21N3O3S. The summed E-state index contributed by atoms with van der Waals surface area (Å²) in [6, 6.07) is 8.74. The third-order valence-electron chi connectivity index (χ3n) is 4.33. The predicted molar refractivity (Wildman–Crippen MR) is 94.0 cm³/mol. The van der Waals surface area contributed by atoms with Crippen LogP contribution in [0.4, 0.5) is 5.69 Å². The number of anilines is 1. The Hall–Kier alpha value is -2.12. The SMILES string of the molecule is Cc1ccc(C)c(S(=O)(=O)N2CCN(c3ccc(=O)[nH]c3)CC2)c1. The largest absolute Gasteiger partial charge is 0.368 e. The van der Waals surface area contributed by atoms with Crippen molar-refractivity contribution in [1.29, 1.82) is 0 Å². The second-order valence-electron chi connectivity index (χ2n) is 6.07. The zero-order chi connectivity index (χ0) is 17.3. The summed E-state index contributed by atoms with van der Waals surface area (Å²) in [6.07, 6.45) is 1.66. The molecule has 1 aromatic carbocycles. The van der Waals surface area contributed by atoms with Gasteiger partial charge in [0.1, 0.15) is 0 Å². The lowest BCUT2D eigenvalue weighted by Gasteiger charge is -2.35. The standard InChI is InChI=1S/C17H21N3O3S/c1-13-3-4-14(2)16(11-13)24(22,23)20-9-7-19(8-10-20)15-5-6-17(21)18-12-15/h3-6,11-12H,7-10H2,1-2H3,(H,18,21). The van der Waals surface area contributed by atoms with Gasteiger partial charge in [-0.3, -0.25) is 4.79 Å². The van der Waals surface area contributed by atoms with Crippen molar-refractivity contribution < 1.29 is 8.42 Å². The molecule has 1 N–H and O–H groups in total. The third kappa shape index (κ3) is 3.22. The molecule has 0 atom stereocenters. The van der Waals surface area contributed by atoms with Crippen LogP contribution < -0.4 is 10.5 Å². The average molecular weight is 347 g/mol. The highest BCUT2D eigenvalue weighted by molar-refractivity contribution is 7.89. The molecule has 1 fully saturated rings. The number of aryl methyl sites for hydroxylation is 2. The Kier molecular flexibility index (Phi) is 4.47. The summed E-state index contributed by atoms with van der Waals surface area (Å²) in [5.41, 5.74) is 2.46. The van der Waals surface area contributed by atoms with E-state index < -0.39 is 10.0 Å². The highest BCUT2D eigenvalue weighted by Gasteiger charge is 2.29. The number of aromatic nitrogens is 1. The lowest BCUT2D eigenvalue weighted by atomic mass is 10.2. The van der Waals surface area contributed by atoms with Gasteiger partial charge in [0.15, 0.2) is 0 Å². The van der Waals surface area contributed by atoms with Crippen molar-refractivity contribution in [3.05, 3.63) is 58.0 Å². The van der Waals surface area contributed by atoms with E-state index in [1.807, 2.05) is 26.0 Å². The van der Waals surface area contributed by atoms with Crippen LogP contribution in [0.15, 0.2) is 46.2 Å². The Balaban J connectivity index is 1.77. The van der Waals surface area contributed by atoms with E-state index in [0.717, 1.165) is 16.8 Å². The Morgan fingerprint density at radius 1 is 1.00 bits per heavy atom. The van der Waals surface area contributed by atoms with Gasteiger partial charge in [-0.15, -0.1) is 0 Å². The van der Waals surface area contributed by atoms with Crippen LogP contribution in [0.3, 0.4) is 0 Å². The molecule has 0 saturated carbocycles. The Morgan fingerprint density at radius 3 is 2.33 bits per heavy atom. The first-order valence-corrected chi connectivity index (χ1v) is 9.33. The Labute approximate surface area is 141 Å². The number of benzene rings is 1. The summed E-state index contributed by atoms with van der Waals surface area (Å²) < 4.78 is 27.4. The summed E-state index contributed by atoms with van der Waals surface area (Å²) in [7, 11) is -3.48. The van der Waals surface area contributed by atoms with Crippen LogP contribution in [0.2, 0.25) is 0 Å².